The number of carbonyl (C=O) groups is 1. The van der Waals surface area contributed by atoms with Gasteiger partial charge in [-0.15, -0.1) is 0 Å². The molecule has 1 aromatic rings. The number of nitrogens with two attached hydrogens (primary N) is 1. The number of aromatic carboxylic acids is 1. The van der Waals surface area contributed by atoms with E-state index in [1.54, 1.807) is 0 Å². The summed E-state index contributed by atoms with van der Waals surface area (Å²) in [6, 6.07) is 4.23. The highest BCUT2D eigenvalue weighted by Gasteiger charge is 2.04. The molecule has 0 saturated carbocycles. The number of aliphatic hydroxyl groups excluding tert-OH is 1. The van der Waals surface area contributed by atoms with Gasteiger partial charge in [0, 0.05) is 11.3 Å². The van der Waals surface area contributed by atoms with Crippen molar-refractivity contribution in [1.29, 1.82) is 0 Å². The van der Waals surface area contributed by atoms with Gasteiger partial charge in [-0.05, 0) is 12.1 Å². The molecular weight excluding hydrogens is 158 g/mol. The topological polar surface area (TPSA) is 83.6 Å². The van der Waals surface area contributed by atoms with Crippen LogP contribution in [0.4, 0.5) is 5.69 Å². The first kappa shape index (κ1) is 8.55. The molecule has 0 radical (unpaired) electrons. The molecule has 0 fully saturated rings. The molecule has 0 atom stereocenters. The molecule has 0 aliphatic heterocycles. The summed E-state index contributed by atoms with van der Waals surface area (Å²) in [7, 11) is 0. The molecule has 1 rings (SSSR count). The van der Waals surface area contributed by atoms with Crippen LogP contribution in [-0.2, 0) is 6.61 Å². The first-order chi connectivity index (χ1) is 5.65. The number of carboxylic acid groups (broad SMARTS) is 1. The predicted octanol–water partition coefficient (Wildman–Crippen LogP) is 0.459. The number of carboxylic acids is 1. The zero-order valence-corrected chi connectivity index (χ0v) is 6.32. The Kier molecular flexibility index (Phi) is 2.30. The van der Waals surface area contributed by atoms with Gasteiger partial charge in [-0.1, -0.05) is 6.07 Å². The summed E-state index contributed by atoms with van der Waals surface area (Å²) in [5, 5.41) is 17.3. The third-order valence-corrected chi connectivity index (χ3v) is 1.56. The van der Waals surface area contributed by atoms with Crippen LogP contribution >= 0.6 is 0 Å². The van der Waals surface area contributed by atoms with Gasteiger partial charge in [0.2, 0.25) is 0 Å². The normalized spacial score (nSPS) is 9.75. The van der Waals surface area contributed by atoms with Gasteiger partial charge >= 0.3 is 5.97 Å². The minimum absolute atomic E-state index is 0.129. The van der Waals surface area contributed by atoms with E-state index in [0.717, 1.165) is 0 Å². The third-order valence-electron chi connectivity index (χ3n) is 1.56. The third kappa shape index (κ3) is 1.54. The van der Waals surface area contributed by atoms with Gasteiger partial charge in [-0.25, -0.2) is 4.79 Å². The fraction of sp³-hybridized carbons (Fsp3) is 0.125. The zero-order valence-electron chi connectivity index (χ0n) is 6.32. The highest BCUT2D eigenvalue weighted by Crippen LogP contribution is 2.13. The van der Waals surface area contributed by atoms with E-state index < -0.39 is 5.97 Å². The summed E-state index contributed by atoms with van der Waals surface area (Å²) in [5.74, 6) is -1.02. The second-order valence-electron chi connectivity index (χ2n) is 2.38. The Balaban J connectivity index is 3.10. The Morgan fingerprint density at radius 3 is 2.58 bits per heavy atom. The molecule has 4 nitrogen and oxygen atoms in total. The quantitative estimate of drug-likeness (QED) is 0.559. The standard InChI is InChI=1S/C8H9NO3/c9-7-3-5(8(11)12)1-2-6(7)4-10/h1-3,10H,4,9H2,(H,11,12). The number of anilines is 1. The summed E-state index contributed by atoms with van der Waals surface area (Å²) in [6.45, 7) is -0.175. The van der Waals surface area contributed by atoms with E-state index in [0.29, 0.717) is 11.3 Å². The molecule has 0 saturated heterocycles. The smallest absolute Gasteiger partial charge is 0.335 e. The molecule has 0 bridgehead atoms. The summed E-state index contributed by atoms with van der Waals surface area (Å²) >= 11 is 0. The summed E-state index contributed by atoms with van der Waals surface area (Å²) < 4.78 is 0. The largest absolute Gasteiger partial charge is 0.478 e. The Morgan fingerprint density at radius 2 is 2.17 bits per heavy atom. The molecule has 0 spiro atoms. The van der Waals surface area contributed by atoms with Gasteiger partial charge < -0.3 is 15.9 Å². The van der Waals surface area contributed by atoms with E-state index >= 15 is 0 Å². The fourth-order valence-electron chi connectivity index (χ4n) is 0.872. The summed E-state index contributed by atoms with van der Waals surface area (Å²) in [4.78, 5) is 10.4. The van der Waals surface area contributed by atoms with Crippen molar-refractivity contribution in [2.75, 3.05) is 5.73 Å². The van der Waals surface area contributed by atoms with Gasteiger partial charge in [0.1, 0.15) is 0 Å². The van der Waals surface area contributed by atoms with Crippen molar-refractivity contribution >= 4 is 11.7 Å². The van der Waals surface area contributed by atoms with Crippen LogP contribution in [0.2, 0.25) is 0 Å². The van der Waals surface area contributed by atoms with Crippen molar-refractivity contribution in [2.45, 2.75) is 6.61 Å². The maximum Gasteiger partial charge on any atom is 0.335 e. The Hall–Kier alpha value is -1.55. The van der Waals surface area contributed by atoms with Crippen molar-refractivity contribution in [1.82, 2.24) is 0 Å². The number of nitrogen functional groups attached to an aromatic ring is 1. The van der Waals surface area contributed by atoms with E-state index in [4.69, 9.17) is 15.9 Å². The van der Waals surface area contributed by atoms with Gasteiger partial charge in [0.25, 0.3) is 0 Å². The Labute approximate surface area is 69.3 Å². The Morgan fingerprint density at radius 1 is 1.50 bits per heavy atom. The number of benzene rings is 1. The lowest BCUT2D eigenvalue weighted by molar-refractivity contribution is 0.0697. The average Bonchev–Trinajstić information content (AvgIpc) is 2.04. The highest BCUT2D eigenvalue weighted by atomic mass is 16.4. The lowest BCUT2D eigenvalue weighted by Crippen LogP contribution is -2.00. The zero-order chi connectivity index (χ0) is 9.14. The van der Waals surface area contributed by atoms with Crippen molar-refractivity contribution in [3.8, 4) is 0 Å². The van der Waals surface area contributed by atoms with Gasteiger partial charge in [-0.3, -0.25) is 0 Å². The van der Waals surface area contributed by atoms with Crippen LogP contribution in [-0.4, -0.2) is 16.2 Å². The first-order valence-electron chi connectivity index (χ1n) is 3.37. The molecule has 0 amide bonds. The first-order valence-corrected chi connectivity index (χ1v) is 3.37. The molecular formula is C8H9NO3. The van der Waals surface area contributed by atoms with Crippen LogP contribution in [0.5, 0.6) is 0 Å². The van der Waals surface area contributed by atoms with Crippen LogP contribution in [0.25, 0.3) is 0 Å². The number of hydrogen-bond acceptors (Lipinski definition) is 3. The van der Waals surface area contributed by atoms with Crippen molar-refractivity contribution in [3.05, 3.63) is 29.3 Å². The van der Waals surface area contributed by atoms with Crippen molar-refractivity contribution in [3.63, 3.8) is 0 Å². The molecule has 0 heterocycles. The maximum absolute atomic E-state index is 10.4. The lowest BCUT2D eigenvalue weighted by Gasteiger charge is -2.02. The van der Waals surface area contributed by atoms with E-state index in [1.165, 1.54) is 18.2 Å². The van der Waals surface area contributed by atoms with Gasteiger partial charge in [-0.2, -0.15) is 0 Å². The van der Waals surface area contributed by atoms with Gasteiger partial charge in [0.05, 0.1) is 12.2 Å². The van der Waals surface area contributed by atoms with Gasteiger partial charge in [0.15, 0.2) is 0 Å². The van der Waals surface area contributed by atoms with Crippen molar-refractivity contribution in [2.24, 2.45) is 0 Å². The molecule has 4 N–H and O–H groups in total. The fourth-order valence-corrected chi connectivity index (χ4v) is 0.872. The van der Waals surface area contributed by atoms with E-state index in [9.17, 15) is 4.79 Å². The molecule has 0 aliphatic carbocycles. The molecule has 0 aromatic heterocycles. The minimum atomic E-state index is -1.02. The number of aliphatic hydroxyl groups is 1. The summed E-state index contributed by atoms with van der Waals surface area (Å²) in [5.41, 5.74) is 6.42. The monoisotopic (exact) mass is 167 g/mol. The number of hydrogen-bond donors (Lipinski definition) is 3. The lowest BCUT2D eigenvalue weighted by atomic mass is 10.1. The Bertz CT molecular complexity index is 309. The molecule has 4 heteroatoms. The number of rotatable bonds is 2. The molecule has 0 unspecified atom stereocenters. The minimum Gasteiger partial charge on any atom is -0.478 e. The molecule has 1 aromatic carbocycles. The summed E-state index contributed by atoms with van der Waals surface area (Å²) in [6.07, 6.45) is 0. The van der Waals surface area contributed by atoms with Crippen LogP contribution in [0.3, 0.4) is 0 Å². The van der Waals surface area contributed by atoms with Crippen LogP contribution < -0.4 is 5.73 Å². The maximum atomic E-state index is 10.4. The SMILES string of the molecule is Nc1cc(C(=O)O)ccc1CO. The van der Waals surface area contributed by atoms with E-state index in [-0.39, 0.29) is 12.2 Å². The van der Waals surface area contributed by atoms with E-state index in [1.807, 2.05) is 0 Å². The second-order valence-corrected chi connectivity index (χ2v) is 2.38. The molecule has 64 valence electrons. The highest BCUT2D eigenvalue weighted by molar-refractivity contribution is 5.88. The van der Waals surface area contributed by atoms with Crippen LogP contribution in [0.1, 0.15) is 15.9 Å². The second kappa shape index (κ2) is 3.23. The van der Waals surface area contributed by atoms with Crippen molar-refractivity contribution < 1.29 is 15.0 Å². The molecule has 0 aliphatic rings. The predicted molar refractivity (Wildman–Crippen MR) is 43.7 cm³/mol. The van der Waals surface area contributed by atoms with E-state index in [2.05, 4.69) is 0 Å². The molecule has 12 heavy (non-hydrogen) atoms. The average molecular weight is 167 g/mol. The van der Waals surface area contributed by atoms with Crippen LogP contribution in [0.15, 0.2) is 18.2 Å². The van der Waals surface area contributed by atoms with Crippen LogP contribution in [0, 0.1) is 0 Å².